The van der Waals surface area contributed by atoms with Gasteiger partial charge in [0.1, 0.15) is 0 Å². The number of aliphatic hydroxyl groups excluding tert-OH is 1. The number of methoxy groups -OCH3 is 1. The molecular weight excluding hydrogens is 146 g/mol. The van der Waals surface area contributed by atoms with Gasteiger partial charge in [-0.25, -0.2) is 0 Å². The zero-order valence-electron chi connectivity index (χ0n) is 6.62. The molecule has 0 aliphatic carbocycles. The summed E-state index contributed by atoms with van der Waals surface area (Å²) in [6.45, 7) is 2.08. The molecule has 1 heterocycles. The highest BCUT2D eigenvalue weighted by atomic mass is 16.5. The summed E-state index contributed by atoms with van der Waals surface area (Å²) < 4.78 is 4.47. The lowest BCUT2D eigenvalue weighted by atomic mass is 10.1. The minimum absolute atomic E-state index is 0.187. The summed E-state index contributed by atoms with van der Waals surface area (Å²) in [4.78, 5) is 12.6. The molecule has 1 aliphatic rings. The summed E-state index contributed by atoms with van der Waals surface area (Å²) in [5, 5.41) is 8.88. The Kier molecular flexibility index (Phi) is 2.84. The second-order valence-corrected chi connectivity index (χ2v) is 2.74. The lowest BCUT2D eigenvalue weighted by Crippen LogP contribution is -2.51. The fourth-order valence-electron chi connectivity index (χ4n) is 1.08. The molecule has 0 bridgehead atoms. The van der Waals surface area contributed by atoms with Crippen LogP contribution in [0.5, 0.6) is 0 Å². The minimum Gasteiger partial charge on any atom is -0.469 e. The smallest absolute Gasteiger partial charge is 0.306 e. The number of likely N-dealkylation sites (tertiary alicyclic amines) is 1. The van der Waals surface area contributed by atoms with Crippen LogP contribution in [-0.2, 0) is 9.53 Å². The first-order valence-electron chi connectivity index (χ1n) is 3.69. The van der Waals surface area contributed by atoms with E-state index in [0.29, 0.717) is 26.1 Å². The Labute approximate surface area is 65.8 Å². The van der Waals surface area contributed by atoms with Crippen molar-refractivity contribution < 1.29 is 14.6 Å². The number of carbonyl (C=O) groups excluding carboxylic acids is 1. The van der Waals surface area contributed by atoms with Gasteiger partial charge in [-0.1, -0.05) is 0 Å². The summed E-state index contributed by atoms with van der Waals surface area (Å²) in [6.07, 6.45) is 0.232. The maximum Gasteiger partial charge on any atom is 0.306 e. The molecule has 0 aromatic heterocycles. The van der Waals surface area contributed by atoms with Gasteiger partial charge in [0.2, 0.25) is 0 Å². The molecule has 1 N–H and O–H groups in total. The van der Waals surface area contributed by atoms with Crippen LogP contribution in [0.2, 0.25) is 0 Å². The molecule has 1 rings (SSSR count). The Bertz CT molecular complexity index is 143. The molecule has 11 heavy (non-hydrogen) atoms. The number of ether oxygens (including phenoxy) is 1. The molecule has 0 amide bonds. The van der Waals surface area contributed by atoms with E-state index >= 15 is 0 Å². The SMILES string of the molecule is COC(=O)CCN1CC(O)C1. The Morgan fingerprint density at radius 3 is 2.82 bits per heavy atom. The van der Waals surface area contributed by atoms with Gasteiger partial charge in [0.25, 0.3) is 0 Å². The number of β-amino-alcohol motifs (C(OH)–C–C–N with tert-alkyl or cyclic N) is 1. The molecule has 0 radical (unpaired) electrons. The molecule has 4 heteroatoms. The van der Waals surface area contributed by atoms with Crippen LogP contribution in [0.25, 0.3) is 0 Å². The third-order valence-corrected chi connectivity index (χ3v) is 1.80. The van der Waals surface area contributed by atoms with Gasteiger partial charge in [-0.3, -0.25) is 9.69 Å². The predicted molar refractivity (Wildman–Crippen MR) is 39.1 cm³/mol. The molecule has 0 saturated carbocycles. The summed E-state index contributed by atoms with van der Waals surface area (Å²) in [6, 6.07) is 0. The maximum absolute atomic E-state index is 10.6. The highest BCUT2D eigenvalue weighted by Gasteiger charge is 2.23. The first kappa shape index (κ1) is 8.49. The molecule has 0 aromatic rings. The van der Waals surface area contributed by atoms with Crippen molar-refractivity contribution in [2.24, 2.45) is 0 Å². The Hall–Kier alpha value is -0.610. The van der Waals surface area contributed by atoms with Gasteiger partial charge in [0.15, 0.2) is 0 Å². The molecule has 0 atom stereocenters. The van der Waals surface area contributed by atoms with Crippen molar-refractivity contribution in [3.8, 4) is 0 Å². The highest BCUT2D eigenvalue weighted by Crippen LogP contribution is 2.07. The van der Waals surface area contributed by atoms with E-state index < -0.39 is 0 Å². The standard InChI is InChI=1S/C7H13NO3/c1-11-7(10)2-3-8-4-6(9)5-8/h6,9H,2-5H2,1H3. The van der Waals surface area contributed by atoms with E-state index in [9.17, 15) is 4.79 Å². The fraction of sp³-hybridized carbons (Fsp3) is 0.857. The summed E-state index contributed by atoms with van der Waals surface area (Å²) in [5.41, 5.74) is 0. The Morgan fingerprint density at radius 1 is 1.73 bits per heavy atom. The molecule has 0 spiro atoms. The van der Waals surface area contributed by atoms with Crippen molar-refractivity contribution in [3.05, 3.63) is 0 Å². The minimum atomic E-state index is -0.189. The quantitative estimate of drug-likeness (QED) is 0.549. The van der Waals surface area contributed by atoms with Crippen molar-refractivity contribution in [2.75, 3.05) is 26.7 Å². The maximum atomic E-state index is 10.6. The van der Waals surface area contributed by atoms with Crippen LogP contribution >= 0.6 is 0 Å². The molecule has 1 aliphatic heterocycles. The zero-order valence-corrected chi connectivity index (χ0v) is 6.62. The van der Waals surface area contributed by atoms with Gasteiger partial charge in [0.05, 0.1) is 19.6 Å². The largest absolute Gasteiger partial charge is 0.469 e. The third-order valence-electron chi connectivity index (χ3n) is 1.80. The molecule has 1 fully saturated rings. The van der Waals surface area contributed by atoms with Crippen LogP contribution in [0, 0.1) is 0 Å². The lowest BCUT2D eigenvalue weighted by Gasteiger charge is -2.35. The van der Waals surface area contributed by atoms with Gasteiger partial charge < -0.3 is 9.84 Å². The van der Waals surface area contributed by atoms with E-state index in [0.717, 1.165) is 0 Å². The molecular formula is C7H13NO3. The van der Waals surface area contributed by atoms with Crippen LogP contribution in [0.15, 0.2) is 0 Å². The number of aliphatic hydroxyl groups is 1. The van der Waals surface area contributed by atoms with E-state index in [2.05, 4.69) is 4.74 Å². The average Bonchev–Trinajstić information content (AvgIpc) is 1.95. The first-order chi connectivity index (χ1) is 5.22. The lowest BCUT2D eigenvalue weighted by molar-refractivity contribution is -0.141. The molecule has 4 nitrogen and oxygen atoms in total. The average molecular weight is 159 g/mol. The van der Waals surface area contributed by atoms with Crippen molar-refractivity contribution in [3.63, 3.8) is 0 Å². The zero-order chi connectivity index (χ0) is 8.27. The van der Waals surface area contributed by atoms with Gasteiger partial charge >= 0.3 is 5.97 Å². The second-order valence-electron chi connectivity index (χ2n) is 2.74. The van der Waals surface area contributed by atoms with Crippen LogP contribution in [0.3, 0.4) is 0 Å². The van der Waals surface area contributed by atoms with Crippen LogP contribution in [0.1, 0.15) is 6.42 Å². The first-order valence-corrected chi connectivity index (χ1v) is 3.69. The molecule has 1 saturated heterocycles. The number of hydrogen-bond acceptors (Lipinski definition) is 4. The van der Waals surface area contributed by atoms with Crippen LogP contribution < -0.4 is 0 Å². The highest BCUT2D eigenvalue weighted by molar-refractivity contribution is 5.69. The topological polar surface area (TPSA) is 49.8 Å². The molecule has 64 valence electrons. The van der Waals surface area contributed by atoms with E-state index in [-0.39, 0.29) is 12.1 Å². The Balaban J connectivity index is 2.00. The number of carbonyl (C=O) groups is 1. The number of esters is 1. The summed E-state index contributed by atoms with van der Waals surface area (Å²) in [5.74, 6) is -0.189. The van der Waals surface area contributed by atoms with Crippen molar-refractivity contribution in [1.29, 1.82) is 0 Å². The number of hydrogen-bond donors (Lipinski definition) is 1. The third kappa shape index (κ3) is 2.48. The van der Waals surface area contributed by atoms with Crippen molar-refractivity contribution >= 4 is 5.97 Å². The van der Waals surface area contributed by atoms with Gasteiger partial charge in [-0.05, 0) is 0 Å². The van der Waals surface area contributed by atoms with E-state index in [1.165, 1.54) is 7.11 Å². The van der Waals surface area contributed by atoms with Crippen molar-refractivity contribution in [1.82, 2.24) is 4.90 Å². The number of rotatable bonds is 3. The normalized spacial score (nSPS) is 19.5. The molecule has 0 aromatic carbocycles. The number of nitrogens with zero attached hydrogens (tertiary/aromatic N) is 1. The van der Waals surface area contributed by atoms with Gasteiger partial charge in [0, 0.05) is 19.6 Å². The van der Waals surface area contributed by atoms with E-state index in [1.807, 2.05) is 4.90 Å². The van der Waals surface area contributed by atoms with Gasteiger partial charge in [-0.2, -0.15) is 0 Å². The van der Waals surface area contributed by atoms with Crippen molar-refractivity contribution in [2.45, 2.75) is 12.5 Å². The van der Waals surface area contributed by atoms with E-state index in [4.69, 9.17) is 5.11 Å². The predicted octanol–water partition coefficient (Wildman–Crippen LogP) is -0.774. The van der Waals surface area contributed by atoms with Crippen LogP contribution in [0.4, 0.5) is 0 Å². The fourth-order valence-corrected chi connectivity index (χ4v) is 1.08. The Morgan fingerprint density at radius 2 is 2.36 bits per heavy atom. The summed E-state index contributed by atoms with van der Waals surface area (Å²) in [7, 11) is 1.38. The second kappa shape index (κ2) is 3.69. The van der Waals surface area contributed by atoms with Gasteiger partial charge in [-0.15, -0.1) is 0 Å². The molecule has 0 unspecified atom stereocenters. The van der Waals surface area contributed by atoms with E-state index in [1.54, 1.807) is 0 Å². The monoisotopic (exact) mass is 159 g/mol. The van der Waals surface area contributed by atoms with Crippen LogP contribution in [-0.4, -0.2) is 48.8 Å². The summed E-state index contributed by atoms with van der Waals surface area (Å²) >= 11 is 0.